The summed E-state index contributed by atoms with van der Waals surface area (Å²) in [4.78, 5) is 11.2. The Morgan fingerprint density at radius 2 is 2.00 bits per heavy atom. The van der Waals surface area contributed by atoms with Gasteiger partial charge < -0.3 is 4.74 Å². The van der Waals surface area contributed by atoms with Gasteiger partial charge in [0.25, 0.3) is 0 Å². The van der Waals surface area contributed by atoms with Crippen molar-refractivity contribution in [2.75, 3.05) is 0 Å². The Bertz CT molecular complexity index is 401. The highest BCUT2D eigenvalue weighted by Gasteiger charge is 2.03. The zero-order valence-corrected chi connectivity index (χ0v) is 10.3. The van der Waals surface area contributed by atoms with Gasteiger partial charge in [-0.2, -0.15) is 5.26 Å². The van der Waals surface area contributed by atoms with Crippen LogP contribution in [0.4, 0.5) is 0 Å². The number of nitrogens with zero attached hydrogens (tertiary/aromatic N) is 1. The van der Waals surface area contributed by atoms with Crippen molar-refractivity contribution in [3.8, 4) is 6.07 Å². The zero-order chi connectivity index (χ0) is 12.7. The standard InChI is InChI=1S/C14H17NO2/c1-11(2)13-7-5-12(6-8-13)10-17-14(16)4-3-9-15/h5-8,11H,3-4,10H2,1-2H3. The molecule has 0 aliphatic heterocycles. The van der Waals surface area contributed by atoms with E-state index in [-0.39, 0.29) is 25.4 Å². The molecule has 0 N–H and O–H groups in total. The molecule has 0 amide bonds. The fraction of sp³-hybridized carbons (Fsp3) is 0.429. The predicted molar refractivity (Wildman–Crippen MR) is 65.2 cm³/mol. The van der Waals surface area contributed by atoms with Gasteiger partial charge in [0.05, 0.1) is 12.5 Å². The van der Waals surface area contributed by atoms with Crippen molar-refractivity contribution in [2.24, 2.45) is 0 Å². The molecule has 0 fully saturated rings. The number of hydrogen-bond acceptors (Lipinski definition) is 3. The Labute approximate surface area is 102 Å². The van der Waals surface area contributed by atoms with Crippen LogP contribution in [-0.4, -0.2) is 5.97 Å². The van der Waals surface area contributed by atoms with E-state index in [1.54, 1.807) is 0 Å². The topological polar surface area (TPSA) is 50.1 Å². The minimum absolute atomic E-state index is 0.167. The molecule has 3 nitrogen and oxygen atoms in total. The monoisotopic (exact) mass is 231 g/mol. The molecule has 1 aromatic carbocycles. The molecule has 1 aromatic rings. The average Bonchev–Trinajstić information content (AvgIpc) is 2.34. The molecule has 0 aliphatic rings. The number of ether oxygens (including phenoxy) is 1. The molecule has 90 valence electrons. The van der Waals surface area contributed by atoms with Gasteiger partial charge in [-0.1, -0.05) is 38.1 Å². The molecule has 17 heavy (non-hydrogen) atoms. The fourth-order valence-electron chi connectivity index (χ4n) is 1.39. The van der Waals surface area contributed by atoms with Crippen LogP contribution in [0.5, 0.6) is 0 Å². The van der Waals surface area contributed by atoms with E-state index in [9.17, 15) is 4.79 Å². The normalized spacial score (nSPS) is 10.0. The average molecular weight is 231 g/mol. The van der Waals surface area contributed by atoms with Gasteiger partial charge in [0.15, 0.2) is 0 Å². The smallest absolute Gasteiger partial charge is 0.307 e. The molecule has 0 aromatic heterocycles. The van der Waals surface area contributed by atoms with Gasteiger partial charge in [-0.3, -0.25) is 4.79 Å². The summed E-state index contributed by atoms with van der Waals surface area (Å²) in [6.07, 6.45) is 0.381. The molecule has 0 radical (unpaired) electrons. The van der Waals surface area contributed by atoms with Crippen LogP contribution in [0.1, 0.15) is 43.7 Å². The quantitative estimate of drug-likeness (QED) is 0.731. The van der Waals surface area contributed by atoms with Crippen molar-refractivity contribution < 1.29 is 9.53 Å². The molecule has 0 aliphatic carbocycles. The second-order valence-corrected chi connectivity index (χ2v) is 4.22. The SMILES string of the molecule is CC(C)c1ccc(COC(=O)CCC#N)cc1. The number of esters is 1. The molecule has 1 rings (SSSR count). The molecule has 0 unspecified atom stereocenters. The number of nitriles is 1. The molecule has 0 saturated carbocycles. The molecule has 0 heterocycles. The summed E-state index contributed by atoms with van der Waals surface area (Å²) < 4.78 is 5.04. The van der Waals surface area contributed by atoms with E-state index in [0.29, 0.717) is 5.92 Å². The van der Waals surface area contributed by atoms with Crippen LogP contribution in [0.3, 0.4) is 0 Å². The van der Waals surface area contributed by atoms with Gasteiger partial charge in [0, 0.05) is 6.42 Å². The number of benzene rings is 1. The van der Waals surface area contributed by atoms with Crippen molar-refractivity contribution in [1.29, 1.82) is 5.26 Å². The van der Waals surface area contributed by atoms with Gasteiger partial charge in [0.1, 0.15) is 6.61 Å². The molecule has 0 atom stereocenters. The Balaban J connectivity index is 2.42. The van der Waals surface area contributed by atoms with Crippen molar-refractivity contribution in [3.63, 3.8) is 0 Å². The fourth-order valence-corrected chi connectivity index (χ4v) is 1.39. The second kappa shape index (κ2) is 6.70. The van der Waals surface area contributed by atoms with E-state index in [1.165, 1.54) is 5.56 Å². The number of carbonyl (C=O) groups is 1. The zero-order valence-electron chi connectivity index (χ0n) is 10.3. The van der Waals surface area contributed by atoms with E-state index in [4.69, 9.17) is 10.00 Å². The minimum atomic E-state index is -0.320. The van der Waals surface area contributed by atoms with Crippen LogP contribution in [0, 0.1) is 11.3 Å². The first-order valence-corrected chi connectivity index (χ1v) is 5.75. The Morgan fingerprint density at radius 1 is 1.35 bits per heavy atom. The lowest BCUT2D eigenvalue weighted by Gasteiger charge is -2.07. The van der Waals surface area contributed by atoms with E-state index >= 15 is 0 Å². The molecule has 0 spiro atoms. The van der Waals surface area contributed by atoms with Crippen LogP contribution >= 0.6 is 0 Å². The lowest BCUT2D eigenvalue weighted by Crippen LogP contribution is -2.03. The van der Waals surface area contributed by atoms with Crippen LogP contribution in [-0.2, 0) is 16.1 Å². The van der Waals surface area contributed by atoms with Gasteiger partial charge in [0.2, 0.25) is 0 Å². The van der Waals surface area contributed by atoms with Crippen molar-refractivity contribution in [1.82, 2.24) is 0 Å². The highest BCUT2D eigenvalue weighted by molar-refractivity contribution is 5.69. The van der Waals surface area contributed by atoms with Crippen molar-refractivity contribution >= 4 is 5.97 Å². The van der Waals surface area contributed by atoms with Crippen molar-refractivity contribution in [3.05, 3.63) is 35.4 Å². The molecule has 3 heteroatoms. The van der Waals surface area contributed by atoms with E-state index < -0.39 is 0 Å². The third-order valence-corrected chi connectivity index (χ3v) is 2.49. The largest absolute Gasteiger partial charge is 0.461 e. The Morgan fingerprint density at radius 3 is 2.53 bits per heavy atom. The Kier molecular flexibility index (Phi) is 5.22. The molecule has 0 bridgehead atoms. The van der Waals surface area contributed by atoms with Crippen LogP contribution in [0.15, 0.2) is 24.3 Å². The molecular weight excluding hydrogens is 214 g/mol. The molecular formula is C14H17NO2. The first-order chi connectivity index (χ1) is 8.13. The van der Waals surface area contributed by atoms with E-state index in [0.717, 1.165) is 5.56 Å². The predicted octanol–water partition coefficient (Wildman–Crippen LogP) is 3.16. The van der Waals surface area contributed by atoms with Gasteiger partial charge >= 0.3 is 5.97 Å². The maximum absolute atomic E-state index is 11.2. The molecule has 0 saturated heterocycles. The first-order valence-electron chi connectivity index (χ1n) is 5.75. The van der Waals surface area contributed by atoms with E-state index in [1.807, 2.05) is 30.3 Å². The summed E-state index contributed by atoms with van der Waals surface area (Å²) in [6, 6.07) is 9.94. The number of rotatable bonds is 5. The minimum Gasteiger partial charge on any atom is -0.461 e. The second-order valence-electron chi connectivity index (χ2n) is 4.22. The third kappa shape index (κ3) is 4.69. The third-order valence-electron chi connectivity index (χ3n) is 2.49. The summed E-state index contributed by atoms with van der Waals surface area (Å²) >= 11 is 0. The lowest BCUT2D eigenvalue weighted by atomic mass is 10.0. The van der Waals surface area contributed by atoms with Crippen LogP contribution in [0.2, 0.25) is 0 Å². The summed E-state index contributed by atoms with van der Waals surface area (Å²) in [6.45, 7) is 4.55. The summed E-state index contributed by atoms with van der Waals surface area (Å²) in [5.74, 6) is 0.182. The van der Waals surface area contributed by atoms with Crippen molar-refractivity contribution in [2.45, 2.75) is 39.2 Å². The number of hydrogen-bond donors (Lipinski definition) is 0. The lowest BCUT2D eigenvalue weighted by molar-refractivity contribution is -0.144. The Hall–Kier alpha value is -1.82. The maximum Gasteiger partial charge on any atom is 0.307 e. The van der Waals surface area contributed by atoms with Gasteiger partial charge in [-0.05, 0) is 17.0 Å². The van der Waals surface area contributed by atoms with Crippen LogP contribution in [0.25, 0.3) is 0 Å². The number of carbonyl (C=O) groups excluding carboxylic acids is 1. The van der Waals surface area contributed by atoms with Gasteiger partial charge in [-0.25, -0.2) is 0 Å². The van der Waals surface area contributed by atoms with Crippen LogP contribution < -0.4 is 0 Å². The maximum atomic E-state index is 11.2. The highest BCUT2D eigenvalue weighted by atomic mass is 16.5. The first kappa shape index (κ1) is 13.2. The highest BCUT2D eigenvalue weighted by Crippen LogP contribution is 2.15. The van der Waals surface area contributed by atoms with Gasteiger partial charge in [-0.15, -0.1) is 0 Å². The summed E-state index contributed by atoms with van der Waals surface area (Å²) in [7, 11) is 0. The summed E-state index contributed by atoms with van der Waals surface area (Å²) in [5, 5.41) is 8.33. The van der Waals surface area contributed by atoms with E-state index in [2.05, 4.69) is 13.8 Å². The summed E-state index contributed by atoms with van der Waals surface area (Å²) in [5.41, 5.74) is 2.24.